The third kappa shape index (κ3) is 16.6. The molecule has 16 heteroatoms. The number of methoxy groups -OCH3 is 1. The predicted molar refractivity (Wildman–Crippen MR) is 145 cm³/mol. The van der Waals surface area contributed by atoms with Gasteiger partial charge in [-0.25, -0.2) is 18.2 Å². The van der Waals surface area contributed by atoms with Crippen molar-refractivity contribution in [2.24, 2.45) is 0 Å². The van der Waals surface area contributed by atoms with E-state index in [-0.39, 0.29) is 55.6 Å². The van der Waals surface area contributed by atoms with Crippen LogP contribution in [0.5, 0.6) is 0 Å². The van der Waals surface area contributed by atoms with Gasteiger partial charge < -0.3 is 35.1 Å². The largest absolute Gasteiger partial charge is 0.481 e. The van der Waals surface area contributed by atoms with Crippen LogP contribution in [-0.2, 0) is 38.6 Å². The molecule has 0 atom stereocenters. The highest BCUT2D eigenvalue weighted by Crippen LogP contribution is 2.14. The van der Waals surface area contributed by atoms with E-state index in [1.54, 1.807) is 25.3 Å². The molecule has 226 valence electrons. The summed E-state index contributed by atoms with van der Waals surface area (Å²) >= 11 is 0. The molecule has 0 fully saturated rings. The second-order valence-corrected chi connectivity index (χ2v) is 9.63. The molecule has 0 saturated heterocycles. The molecule has 0 aliphatic carbocycles. The van der Waals surface area contributed by atoms with Crippen LogP contribution in [0.4, 0.5) is 5.82 Å². The molecule has 0 spiro atoms. The summed E-state index contributed by atoms with van der Waals surface area (Å²) in [4.78, 5) is 47.8. The first kappa shape index (κ1) is 34.9. The van der Waals surface area contributed by atoms with Gasteiger partial charge in [-0.05, 0) is 30.7 Å². The molecule has 5 N–H and O–H groups in total. The minimum Gasteiger partial charge on any atom is -0.481 e. The van der Waals surface area contributed by atoms with Crippen LogP contribution in [0, 0.1) is 0 Å². The molecule has 1 aromatic heterocycles. The lowest BCUT2D eigenvalue weighted by Crippen LogP contribution is -2.33. The Hall–Kier alpha value is -4.12. The van der Waals surface area contributed by atoms with Crippen molar-refractivity contribution >= 4 is 39.6 Å². The quantitative estimate of drug-likeness (QED) is 0.147. The van der Waals surface area contributed by atoms with Gasteiger partial charge in [0.1, 0.15) is 19.0 Å². The van der Waals surface area contributed by atoms with E-state index in [4.69, 9.17) is 19.7 Å². The minimum absolute atomic E-state index is 0.0641. The number of sulfonamides is 1. The summed E-state index contributed by atoms with van der Waals surface area (Å²) in [6.07, 6.45) is 2.04. The molecule has 15 nitrogen and oxygen atoms in total. The fraction of sp³-hybridized carbons (Fsp3) is 0.400. The highest BCUT2D eigenvalue weighted by Gasteiger charge is 2.14. The van der Waals surface area contributed by atoms with Gasteiger partial charge >= 0.3 is 11.9 Å². The third-order valence-electron chi connectivity index (χ3n) is 4.62. The van der Waals surface area contributed by atoms with Crippen LogP contribution >= 0.6 is 0 Å². The van der Waals surface area contributed by atoms with Crippen molar-refractivity contribution < 1.29 is 52.0 Å². The van der Waals surface area contributed by atoms with Crippen LogP contribution < -0.4 is 15.4 Å². The SMILES string of the molecule is COCCCC(=O)O.O=C(O)COCCNC(=O)COCCNC(=O)c1ccc(NS(=O)(=O)c2ccccc2)nc1. The van der Waals surface area contributed by atoms with Gasteiger partial charge in [0.05, 0.1) is 23.7 Å². The molecular formula is C25H34N4O11S. The summed E-state index contributed by atoms with van der Waals surface area (Å²) in [5.74, 6) is -2.63. The zero-order valence-corrected chi connectivity index (χ0v) is 23.2. The van der Waals surface area contributed by atoms with Crippen molar-refractivity contribution in [3.8, 4) is 0 Å². The van der Waals surface area contributed by atoms with E-state index in [9.17, 15) is 27.6 Å². The highest BCUT2D eigenvalue weighted by molar-refractivity contribution is 7.92. The lowest BCUT2D eigenvalue weighted by Gasteiger charge is -2.09. The second kappa shape index (κ2) is 19.9. The van der Waals surface area contributed by atoms with Crippen molar-refractivity contribution in [2.75, 3.05) is 58.0 Å². The van der Waals surface area contributed by atoms with Gasteiger partial charge in [-0.3, -0.25) is 19.1 Å². The lowest BCUT2D eigenvalue weighted by molar-refractivity contribution is -0.142. The van der Waals surface area contributed by atoms with Crippen LogP contribution in [0.15, 0.2) is 53.6 Å². The Balaban J connectivity index is 0.000000915. The van der Waals surface area contributed by atoms with E-state index in [1.807, 2.05) is 0 Å². The van der Waals surface area contributed by atoms with Gasteiger partial charge in [-0.15, -0.1) is 0 Å². The van der Waals surface area contributed by atoms with Crippen molar-refractivity contribution in [3.63, 3.8) is 0 Å². The molecule has 1 aromatic carbocycles. The zero-order chi connectivity index (χ0) is 30.5. The molecule has 0 aliphatic heterocycles. The zero-order valence-electron chi connectivity index (χ0n) is 22.4. The van der Waals surface area contributed by atoms with Crippen LogP contribution in [0.25, 0.3) is 0 Å². The first-order valence-corrected chi connectivity index (χ1v) is 13.7. The molecule has 41 heavy (non-hydrogen) atoms. The average molecular weight is 599 g/mol. The molecule has 2 rings (SSSR count). The topological polar surface area (TPSA) is 220 Å². The molecular weight excluding hydrogens is 564 g/mol. The van der Waals surface area contributed by atoms with E-state index in [2.05, 4.69) is 25.1 Å². The standard InChI is InChI=1S/C20H24N4O8S.C5H10O3/c25-18(21-8-10-32-14-19(26)27)13-31-11-9-22-20(28)15-6-7-17(23-12-15)24-33(29,30)16-4-2-1-3-5-16;1-8-4-2-3-5(6)7/h1-7,12H,8-11,13-14H2,(H,21,25)(H,22,28)(H,23,24)(H,26,27);2-4H2,1H3,(H,6,7). The van der Waals surface area contributed by atoms with Gasteiger partial charge in [0, 0.05) is 39.4 Å². The Labute approximate surface area is 237 Å². The molecule has 0 saturated carbocycles. The molecule has 0 unspecified atom stereocenters. The van der Waals surface area contributed by atoms with E-state index in [0.717, 1.165) is 0 Å². The maximum absolute atomic E-state index is 12.3. The number of pyridine rings is 1. The number of carboxylic acid groups (broad SMARTS) is 2. The second-order valence-electron chi connectivity index (χ2n) is 7.95. The van der Waals surface area contributed by atoms with Gasteiger partial charge in [0.25, 0.3) is 15.9 Å². The summed E-state index contributed by atoms with van der Waals surface area (Å²) in [5.41, 5.74) is 0.219. The lowest BCUT2D eigenvalue weighted by atomic mass is 10.2. The summed E-state index contributed by atoms with van der Waals surface area (Å²) in [5, 5.41) is 21.6. The Bertz CT molecular complexity index is 1190. The molecule has 2 aromatic rings. The molecule has 0 aliphatic rings. The number of hydrogen-bond donors (Lipinski definition) is 5. The normalized spacial score (nSPS) is 10.6. The number of nitrogens with one attached hydrogen (secondary N) is 3. The third-order valence-corrected chi connectivity index (χ3v) is 5.99. The maximum atomic E-state index is 12.3. The monoisotopic (exact) mass is 598 g/mol. The van der Waals surface area contributed by atoms with Crippen molar-refractivity contribution in [1.82, 2.24) is 15.6 Å². The number of hydrogen-bond acceptors (Lipinski definition) is 10. The van der Waals surface area contributed by atoms with Crippen LogP contribution in [0.1, 0.15) is 23.2 Å². The van der Waals surface area contributed by atoms with Gasteiger partial charge in [0.15, 0.2) is 0 Å². The van der Waals surface area contributed by atoms with Crippen molar-refractivity contribution in [1.29, 1.82) is 0 Å². The van der Waals surface area contributed by atoms with Gasteiger partial charge in [-0.2, -0.15) is 0 Å². The first-order chi connectivity index (χ1) is 19.5. The van der Waals surface area contributed by atoms with Crippen LogP contribution in [0.2, 0.25) is 0 Å². The maximum Gasteiger partial charge on any atom is 0.329 e. The van der Waals surface area contributed by atoms with E-state index < -0.39 is 40.4 Å². The minimum atomic E-state index is -3.78. The molecule has 1 heterocycles. The molecule has 0 bridgehead atoms. The first-order valence-electron chi connectivity index (χ1n) is 12.2. The number of aromatic nitrogens is 1. The van der Waals surface area contributed by atoms with E-state index >= 15 is 0 Å². The van der Waals surface area contributed by atoms with Crippen molar-refractivity contribution in [2.45, 2.75) is 17.7 Å². The number of carbonyl (C=O) groups is 4. The fourth-order valence-corrected chi connectivity index (χ4v) is 3.76. The Morgan fingerprint density at radius 3 is 2.10 bits per heavy atom. The summed E-state index contributed by atoms with van der Waals surface area (Å²) in [7, 11) is -2.22. The Morgan fingerprint density at radius 2 is 1.51 bits per heavy atom. The molecule has 2 amide bonds. The number of benzene rings is 1. The summed E-state index contributed by atoms with van der Waals surface area (Å²) < 4.78 is 41.4. The average Bonchev–Trinajstić information content (AvgIpc) is 2.93. The number of aliphatic carboxylic acids is 2. The number of nitrogens with zero attached hydrogens (tertiary/aromatic N) is 1. The number of carbonyl (C=O) groups excluding carboxylic acids is 2. The number of ether oxygens (including phenoxy) is 3. The van der Waals surface area contributed by atoms with E-state index in [1.165, 1.54) is 30.5 Å². The van der Waals surface area contributed by atoms with Gasteiger partial charge in [0.2, 0.25) is 5.91 Å². The number of rotatable bonds is 18. The Morgan fingerprint density at radius 1 is 0.854 bits per heavy atom. The van der Waals surface area contributed by atoms with Crippen molar-refractivity contribution in [3.05, 3.63) is 54.2 Å². The number of carboxylic acids is 2. The van der Waals surface area contributed by atoms with E-state index in [0.29, 0.717) is 13.0 Å². The predicted octanol–water partition coefficient (Wildman–Crippen LogP) is 0.344. The smallest absolute Gasteiger partial charge is 0.329 e. The fourth-order valence-electron chi connectivity index (χ4n) is 2.73. The Kier molecular flexibility index (Phi) is 16.9. The summed E-state index contributed by atoms with van der Waals surface area (Å²) in [6, 6.07) is 10.6. The molecule has 0 radical (unpaired) electrons. The van der Waals surface area contributed by atoms with Crippen LogP contribution in [0.3, 0.4) is 0 Å². The number of anilines is 1. The highest BCUT2D eigenvalue weighted by atomic mass is 32.2. The summed E-state index contributed by atoms with van der Waals surface area (Å²) in [6.45, 7) is 0.297. The van der Waals surface area contributed by atoms with Crippen LogP contribution in [-0.4, -0.2) is 101 Å². The van der Waals surface area contributed by atoms with Gasteiger partial charge in [-0.1, -0.05) is 18.2 Å². The number of amides is 2.